The molecule has 8 heteroatoms. The van der Waals surface area contributed by atoms with Gasteiger partial charge in [-0.05, 0) is 52.7 Å². The van der Waals surface area contributed by atoms with Gasteiger partial charge in [0.25, 0.3) is 5.91 Å². The average Bonchev–Trinajstić information content (AvgIpc) is 2.48. The quantitative estimate of drug-likeness (QED) is 0.449. The van der Waals surface area contributed by atoms with Crippen LogP contribution in [-0.2, 0) is 4.79 Å². The van der Waals surface area contributed by atoms with Gasteiger partial charge in [-0.15, -0.1) is 0 Å². The number of amides is 1. The van der Waals surface area contributed by atoms with Crippen LogP contribution in [-0.4, -0.2) is 18.7 Å². The molecule has 0 aliphatic rings. The highest BCUT2D eigenvalue weighted by Gasteiger charge is 2.09. The second-order valence-electron chi connectivity index (χ2n) is 4.78. The second-order valence-corrected chi connectivity index (χ2v) is 7.39. The van der Waals surface area contributed by atoms with Crippen molar-refractivity contribution in [3.63, 3.8) is 0 Å². The molecule has 24 heavy (non-hydrogen) atoms. The molecule has 4 nitrogen and oxygen atoms in total. The van der Waals surface area contributed by atoms with E-state index in [1.54, 1.807) is 18.2 Å². The first kappa shape index (κ1) is 19.2. The number of carbonyl (C=O) groups is 1. The summed E-state index contributed by atoms with van der Waals surface area (Å²) in [7, 11) is 0. The molecule has 0 aromatic heterocycles. The summed E-state index contributed by atoms with van der Waals surface area (Å²) in [5.74, 6) is 0.226. The van der Waals surface area contributed by atoms with Crippen molar-refractivity contribution in [1.29, 1.82) is 0 Å². The van der Waals surface area contributed by atoms with Crippen LogP contribution < -0.4 is 10.2 Å². The number of ether oxygens (including phenoxy) is 1. The van der Waals surface area contributed by atoms with Crippen LogP contribution in [0.5, 0.6) is 5.75 Å². The lowest BCUT2D eigenvalue weighted by Crippen LogP contribution is -2.24. The Morgan fingerprint density at radius 1 is 1.29 bits per heavy atom. The van der Waals surface area contributed by atoms with Gasteiger partial charge in [-0.1, -0.05) is 45.2 Å². The Balaban J connectivity index is 1.91. The first-order valence-corrected chi connectivity index (χ1v) is 9.06. The van der Waals surface area contributed by atoms with Crippen LogP contribution in [0.1, 0.15) is 11.1 Å². The lowest BCUT2D eigenvalue weighted by Gasteiger charge is -2.10. The molecule has 2 aromatic rings. The molecule has 0 fully saturated rings. The summed E-state index contributed by atoms with van der Waals surface area (Å²) in [6.07, 6.45) is 1.44. The number of nitrogens with one attached hydrogen (secondary N) is 1. The minimum Gasteiger partial charge on any atom is -0.482 e. The van der Waals surface area contributed by atoms with E-state index in [1.165, 1.54) is 6.21 Å². The Kier molecular flexibility index (Phi) is 7.10. The van der Waals surface area contributed by atoms with Crippen LogP contribution in [0, 0.1) is 6.92 Å². The molecular weight excluding hydrogens is 483 g/mol. The maximum absolute atomic E-state index is 11.8. The Labute approximate surface area is 166 Å². The maximum atomic E-state index is 11.8. The Morgan fingerprint density at radius 2 is 2.04 bits per heavy atom. The fourth-order valence-electron chi connectivity index (χ4n) is 1.82. The van der Waals surface area contributed by atoms with E-state index in [4.69, 9.17) is 27.9 Å². The Bertz CT molecular complexity index is 775. The van der Waals surface area contributed by atoms with E-state index in [1.807, 2.05) is 19.1 Å². The number of nitrogens with zero attached hydrogens (tertiary/aromatic N) is 1. The largest absolute Gasteiger partial charge is 0.482 e. The fraction of sp³-hybridized carbons (Fsp3) is 0.125. The summed E-state index contributed by atoms with van der Waals surface area (Å²) in [4.78, 5) is 11.8. The van der Waals surface area contributed by atoms with Gasteiger partial charge in [0.1, 0.15) is 5.75 Å². The summed E-state index contributed by atoms with van der Waals surface area (Å²) in [6.45, 7) is 1.73. The molecule has 2 aromatic carbocycles. The molecule has 0 atom stereocenters. The highest BCUT2D eigenvalue weighted by atomic mass is 79.9. The van der Waals surface area contributed by atoms with Crippen molar-refractivity contribution in [3.8, 4) is 5.75 Å². The second kappa shape index (κ2) is 8.85. The fourth-order valence-corrected chi connectivity index (χ4v) is 3.83. The number of hydrogen-bond donors (Lipinski definition) is 1. The van der Waals surface area contributed by atoms with Crippen LogP contribution >= 0.6 is 55.1 Å². The van der Waals surface area contributed by atoms with Gasteiger partial charge >= 0.3 is 0 Å². The number of hydrogen-bond acceptors (Lipinski definition) is 3. The van der Waals surface area contributed by atoms with E-state index in [0.29, 0.717) is 21.4 Å². The Morgan fingerprint density at radius 3 is 2.71 bits per heavy atom. The summed E-state index contributed by atoms with van der Waals surface area (Å²) in [5, 5.41) is 4.83. The highest BCUT2D eigenvalue weighted by Crippen LogP contribution is 2.32. The molecule has 0 aliphatic heterocycles. The summed E-state index contributed by atoms with van der Waals surface area (Å²) < 4.78 is 7.22. The normalized spacial score (nSPS) is 10.9. The molecule has 0 unspecified atom stereocenters. The molecular formula is C16H12Br2Cl2N2O2. The third-order valence-corrected chi connectivity index (χ3v) is 4.51. The van der Waals surface area contributed by atoms with Gasteiger partial charge < -0.3 is 4.74 Å². The van der Waals surface area contributed by atoms with Crippen molar-refractivity contribution in [2.24, 2.45) is 5.10 Å². The van der Waals surface area contributed by atoms with E-state index in [9.17, 15) is 4.79 Å². The third kappa shape index (κ3) is 5.48. The monoisotopic (exact) mass is 492 g/mol. The predicted octanol–water partition coefficient (Wildman–Crippen LogP) is 5.36. The topological polar surface area (TPSA) is 50.7 Å². The molecule has 0 spiro atoms. The number of aryl methyl sites for hydroxylation is 1. The van der Waals surface area contributed by atoms with Gasteiger partial charge in [0, 0.05) is 15.1 Å². The Hall–Kier alpha value is -1.08. The van der Waals surface area contributed by atoms with Gasteiger partial charge in [-0.2, -0.15) is 5.10 Å². The first-order chi connectivity index (χ1) is 11.4. The average molecular weight is 495 g/mol. The number of hydrazone groups is 1. The minimum atomic E-state index is -0.384. The molecule has 0 saturated heterocycles. The summed E-state index contributed by atoms with van der Waals surface area (Å²) >= 11 is 18.6. The van der Waals surface area contributed by atoms with Crippen molar-refractivity contribution in [3.05, 3.63) is 60.4 Å². The molecule has 0 heterocycles. The van der Waals surface area contributed by atoms with Crippen molar-refractivity contribution < 1.29 is 9.53 Å². The lowest BCUT2D eigenvalue weighted by molar-refractivity contribution is -0.123. The van der Waals surface area contributed by atoms with Crippen molar-refractivity contribution in [2.75, 3.05) is 6.61 Å². The van der Waals surface area contributed by atoms with Crippen LogP contribution in [0.3, 0.4) is 0 Å². The van der Waals surface area contributed by atoms with Crippen molar-refractivity contribution in [1.82, 2.24) is 5.43 Å². The standard InChI is InChI=1S/C16H12Br2Cl2N2O2/c1-9-4-11(17)5-13(18)16(9)24-8-15(23)22-21-7-10-2-3-12(19)6-14(10)20/h2-7H,8H2,1H3,(H,22,23). The maximum Gasteiger partial charge on any atom is 0.277 e. The van der Waals surface area contributed by atoms with Crippen molar-refractivity contribution in [2.45, 2.75) is 6.92 Å². The third-order valence-electron chi connectivity index (χ3n) is 2.90. The van der Waals surface area contributed by atoms with Gasteiger partial charge in [-0.25, -0.2) is 5.43 Å². The van der Waals surface area contributed by atoms with E-state index in [0.717, 1.165) is 14.5 Å². The summed E-state index contributed by atoms with van der Waals surface area (Å²) in [6, 6.07) is 8.75. The van der Waals surface area contributed by atoms with Crippen LogP contribution in [0.4, 0.5) is 0 Å². The first-order valence-electron chi connectivity index (χ1n) is 6.72. The van der Waals surface area contributed by atoms with Crippen LogP contribution in [0.25, 0.3) is 0 Å². The van der Waals surface area contributed by atoms with Gasteiger partial charge in [0.05, 0.1) is 15.7 Å². The van der Waals surface area contributed by atoms with E-state index < -0.39 is 0 Å². The molecule has 1 amide bonds. The van der Waals surface area contributed by atoms with E-state index in [-0.39, 0.29) is 12.5 Å². The molecule has 0 bridgehead atoms. The van der Waals surface area contributed by atoms with Crippen LogP contribution in [0.2, 0.25) is 10.0 Å². The molecule has 0 aliphatic carbocycles. The molecule has 2 rings (SSSR count). The number of carbonyl (C=O) groups excluding carboxylic acids is 1. The molecule has 0 saturated carbocycles. The van der Waals surface area contributed by atoms with Gasteiger partial charge in [-0.3, -0.25) is 4.79 Å². The minimum absolute atomic E-state index is 0.160. The molecule has 126 valence electrons. The van der Waals surface area contributed by atoms with Gasteiger partial charge in [0.2, 0.25) is 0 Å². The van der Waals surface area contributed by atoms with Gasteiger partial charge in [0.15, 0.2) is 6.61 Å². The van der Waals surface area contributed by atoms with Crippen LogP contribution in [0.15, 0.2) is 44.4 Å². The summed E-state index contributed by atoms with van der Waals surface area (Å²) in [5.41, 5.74) is 3.93. The predicted molar refractivity (Wildman–Crippen MR) is 104 cm³/mol. The number of halogens is 4. The zero-order valence-electron chi connectivity index (χ0n) is 12.4. The molecule has 1 N–H and O–H groups in total. The zero-order valence-corrected chi connectivity index (χ0v) is 17.1. The number of benzene rings is 2. The lowest BCUT2D eigenvalue weighted by atomic mass is 10.2. The highest BCUT2D eigenvalue weighted by molar-refractivity contribution is 9.11. The number of rotatable bonds is 5. The smallest absolute Gasteiger partial charge is 0.277 e. The zero-order chi connectivity index (χ0) is 17.7. The van der Waals surface area contributed by atoms with E-state index in [2.05, 4.69) is 42.4 Å². The van der Waals surface area contributed by atoms with E-state index >= 15 is 0 Å². The molecule has 0 radical (unpaired) electrons. The SMILES string of the molecule is Cc1cc(Br)cc(Br)c1OCC(=O)NN=Cc1ccc(Cl)cc1Cl. The van der Waals surface area contributed by atoms with Crippen molar-refractivity contribution >= 4 is 67.2 Å².